The molecule has 1 N–H and O–H groups in total. The Morgan fingerprint density at radius 3 is 2.23 bits per heavy atom. The topological polar surface area (TPSA) is 25.2 Å². The van der Waals surface area contributed by atoms with Gasteiger partial charge in [-0.3, -0.25) is 0 Å². The number of rotatable bonds is 3. The largest absolute Gasteiger partial charge is 0.455 e. The van der Waals surface area contributed by atoms with Gasteiger partial charge in [-0.15, -0.1) is 0 Å². The number of benzene rings is 5. The van der Waals surface area contributed by atoms with E-state index in [0.717, 1.165) is 44.4 Å². The third kappa shape index (κ3) is 2.82. The first-order valence-corrected chi connectivity index (χ1v) is 10.1. The van der Waals surface area contributed by atoms with Gasteiger partial charge in [-0.2, -0.15) is 0 Å². The molecule has 0 spiro atoms. The average molecular weight is 385 g/mol. The van der Waals surface area contributed by atoms with Crippen molar-refractivity contribution >= 4 is 44.1 Å². The van der Waals surface area contributed by atoms with Gasteiger partial charge in [-0.1, -0.05) is 72.8 Å². The molecular formula is C28H19NO. The first-order valence-electron chi connectivity index (χ1n) is 10.1. The minimum Gasteiger partial charge on any atom is -0.455 e. The molecule has 30 heavy (non-hydrogen) atoms. The lowest BCUT2D eigenvalue weighted by Gasteiger charge is -2.09. The third-order valence-electron chi connectivity index (χ3n) is 5.62. The fourth-order valence-corrected chi connectivity index (χ4v) is 4.15. The van der Waals surface area contributed by atoms with E-state index in [1.165, 1.54) is 10.8 Å². The predicted octanol–water partition coefficient (Wildman–Crippen LogP) is 8.15. The second-order valence-electron chi connectivity index (χ2n) is 7.55. The molecule has 6 rings (SSSR count). The SMILES string of the molecule is c1ccc(Nc2ccc3cc(-c4cccc5c4oc4ccccc45)ccc3c2)cc1. The summed E-state index contributed by atoms with van der Waals surface area (Å²) in [6, 6.07) is 37.9. The summed E-state index contributed by atoms with van der Waals surface area (Å²) in [6.07, 6.45) is 0. The molecule has 0 atom stereocenters. The van der Waals surface area contributed by atoms with E-state index in [-0.39, 0.29) is 0 Å². The third-order valence-corrected chi connectivity index (χ3v) is 5.62. The predicted molar refractivity (Wildman–Crippen MR) is 126 cm³/mol. The average Bonchev–Trinajstić information content (AvgIpc) is 3.18. The van der Waals surface area contributed by atoms with Gasteiger partial charge in [-0.05, 0) is 52.7 Å². The molecule has 0 unspecified atom stereocenters. The molecule has 2 nitrogen and oxygen atoms in total. The minimum atomic E-state index is 0.928. The monoisotopic (exact) mass is 385 g/mol. The lowest BCUT2D eigenvalue weighted by atomic mass is 9.99. The molecule has 0 saturated carbocycles. The molecule has 142 valence electrons. The molecule has 0 aliphatic carbocycles. The Kier molecular flexibility index (Phi) is 3.82. The van der Waals surface area contributed by atoms with Crippen LogP contribution in [0.2, 0.25) is 0 Å². The number of para-hydroxylation sites is 3. The molecule has 0 amide bonds. The maximum Gasteiger partial charge on any atom is 0.143 e. The molecule has 0 radical (unpaired) electrons. The Hall–Kier alpha value is -4.04. The van der Waals surface area contributed by atoms with Gasteiger partial charge in [0, 0.05) is 27.7 Å². The Morgan fingerprint density at radius 1 is 0.533 bits per heavy atom. The van der Waals surface area contributed by atoms with Crippen LogP contribution in [-0.2, 0) is 0 Å². The zero-order chi connectivity index (χ0) is 19.9. The van der Waals surface area contributed by atoms with Crippen LogP contribution < -0.4 is 5.32 Å². The van der Waals surface area contributed by atoms with Crippen molar-refractivity contribution < 1.29 is 4.42 Å². The highest BCUT2D eigenvalue weighted by molar-refractivity contribution is 6.10. The van der Waals surface area contributed by atoms with Gasteiger partial charge in [0.2, 0.25) is 0 Å². The number of hydrogen-bond acceptors (Lipinski definition) is 2. The van der Waals surface area contributed by atoms with E-state index in [4.69, 9.17) is 4.42 Å². The smallest absolute Gasteiger partial charge is 0.143 e. The van der Waals surface area contributed by atoms with Gasteiger partial charge in [0.15, 0.2) is 0 Å². The van der Waals surface area contributed by atoms with Crippen LogP contribution in [0.5, 0.6) is 0 Å². The zero-order valence-corrected chi connectivity index (χ0v) is 16.3. The van der Waals surface area contributed by atoms with Gasteiger partial charge in [-0.25, -0.2) is 0 Å². The summed E-state index contributed by atoms with van der Waals surface area (Å²) in [4.78, 5) is 0. The number of fused-ring (bicyclic) bond motifs is 4. The lowest BCUT2D eigenvalue weighted by Crippen LogP contribution is -1.89. The van der Waals surface area contributed by atoms with Crippen molar-refractivity contribution in [3.05, 3.63) is 109 Å². The lowest BCUT2D eigenvalue weighted by molar-refractivity contribution is 0.670. The van der Waals surface area contributed by atoms with E-state index >= 15 is 0 Å². The van der Waals surface area contributed by atoms with Crippen molar-refractivity contribution in [2.75, 3.05) is 5.32 Å². The second-order valence-corrected chi connectivity index (χ2v) is 7.55. The van der Waals surface area contributed by atoms with Crippen LogP contribution in [0, 0.1) is 0 Å². The van der Waals surface area contributed by atoms with Crippen molar-refractivity contribution in [1.82, 2.24) is 0 Å². The normalized spacial score (nSPS) is 11.3. The summed E-state index contributed by atoms with van der Waals surface area (Å²) in [5.41, 5.74) is 6.33. The van der Waals surface area contributed by atoms with Gasteiger partial charge >= 0.3 is 0 Å². The van der Waals surface area contributed by atoms with E-state index in [1.54, 1.807) is 0 Å². The Morgan fingerprint density at radius 2 is 1.30 bits per heavy atom. The highest BCUT2D eigenvalue weighted by Crippen LogP contribution is 2.36. The van der Waals surface area contributed by atoms with Gasteiger partial charge in [0.1, 0.15) is 11.2 Å². The summed E-state index contributed by atoms with van der Waals surface area (Å²) in [7, 11) is 0. The summed E-state index contributed by atoms with van der Waals surface area (Å²) < 4.78 is 6.23. The highest BCUT2D eigenvalue weighted by Gasteiger charge is 2.12. The van der Waals surface area contributed by atoms with Crippen LogP contribution in [0.25, 0.3) is 43.8 Å². The molecule has 0 aliphatic heterocycles. The summed E-state index contributed by atoms with van der Waals surface area (Å²) in [5, 5.41) is 8.20. The first kappa shape index (κ1) is 16.9. The maximum atomic E-state index is 6.23. The molecule has 1 heterocycles. The fraction of sp³-hybridized carbons (Fsp3) is 0. The van der Waals surface area contributed by atoms with Gasteiger partial charge in [0.25, 0.3) is 0 Å². The number of furan rings is 1. The quantitative estimate of drug-likeness (QED) is 0.332. The second kappa shape index (κ2) is 6.78. The maximum absolute atomic E-state index is 6.23. The molecule has 0 saturated heterocycles. The molecule has 5 aromatic carbocycles. The van der Waals surface area contributed by atoms with E-state index < -0.39 is 0 Å². The standard InChI is InChI=1S/C28H19NO/c1-2-7-22(8-3-1)29-23-16-15-19-17-21(14-13-20(19)18-23)24-10-6-11-26-25-9-4-5-12-27(25)30-28(24)26/h1-18,29H. The van der Waals surface area contributed by atoms with Crippen LogP contribution in [0.4, 0.5) is 11.4 Å². The highest BCUT2D eigenvalue weighted by atomic mass is 16.3. The van der Waals surface area contributed by atoms with Crippen molar-refractivity contribution in [3.8, 4) is 11.1 Å². The van der Waals surface area contributed by atoms with Crippen LogP contribution in [0.15, 0.2) is 114 Å². The van der Waals surface area contributed by atoms with E-state index in [9.17, 15) is 0 Å². The Labute approximate surface area is 174 Å². The van der Waals surface area contributed by atoms with Crippen LogP contribution in [0.3, 0.4) is 0 Å². The van der Waals surface area contributed by atoms with Crippen molar-refractivity contribution in [2.45, 2.75) is 0 Å². The van der Waals surface area contributed by atoms with Crippen LogP contribution in [0.1, 0.15) is 0 Å². The van der Waals surface area contributed by atoms with E-state index in [0.29, 0.717) is 0 Å². The summed E-state index contributed by atoms with van der Waals surface area (Å²) in [6.45, 7) is 0. The van der Waals surface area contributed by atoms with Crippen molar-refractivity contribution in [3.63, 3.8) is 0 Å². The number of anilines is 2. The zero-order valence-electron chi connectivity index (χ0n) is 16.3. The van der Waals surface area contributed by atoms with E-state index in [1.807, 2.05) is 30.3 Å². The summed E-state index contributed by atoms with van der Waals surface area (Å²) >= 11 is 0. The molecule has 0 aliphatic rings. The molecule has 1 aromatic heterocycles. The molecule has 6 aromatic rings. The number of hydrogen-bond donors (Lipinski definition) is 1. The molecular weight excluding hydrogens is 366 g/mol. The minimum absolute atomic E-state index is 0.928. The molecule has 0 bridgehead atoms. The Bertz CT molecular complexity index is 1510. The fourth-order valence-electron chi connectivity index (χ4n) is 4.15. The van der Waals surface area contributed by atoms with Gasteiger partial charge in [0.05, 0.1) is 0 Å². The van der Waals surface area contributed by atoms with Gasteiger partial charge < -0.3 is 9.73 Å². The van der Waals surface area contributed by atoms with Crippen molar-refractivity contribution in [2.24, 2.45) is 0 Å². The first-order chi connectivity index (χ1) is 14.8. The number of nitrogens with one attached hydrogen (secondary N) is 1. The molecule has 0 fully saturated rings. The van der Waals surface area contributed by atoms with E-state index in [2.05, 4.69) is 84.2 Å². The Balaban J connectivity index is 1.44. The van der Waals surface area contributed by atoms with Crippen LogP contribution >= 0.6 is 0 Å². The summed E-state index contributed by atoms with van der Waals surface area (Å²) in [5.74, 6) is 0. The molecule has 2 heteroatoms. The van der Waals surface area contributed by atoms with Crippen molar-refractivity contribution in [1.29, 1.82) is 0 Å². The van der Waals surface area contributed by atoms with Crippen LogP contribution in [-0.4, -0.2) is 0 Å².